The zero-order valence-corrected chi connectivity index (χ0v) is 26.3. The molecule has 1 aliphatic heterocycles. The summed E-state index contributed by atoms with van der Waals surface area (Å²) < 4.78 is 5.19. The Morgan fingerprint density at radius 3 is 2.16 bits per heavy atom. The van der Waals surface area contributed by atoms with Crippen molar-refractivity contribution < 1.29 is 19.1 Å². The first-order valence-corrected chi connectivity index (χ1v) is 15.2. The summed E-state index contributed by atoms with van der Waals surface area (Å²) in [6.07, 6.45) is 7.96. The zero-order valence-electron chi connectivity index (χ0n) is 24.0. The summed E-state index contributed by atoms with van der Waals surface area (Å²) in [6.45, 7) is 5.44. The van der Waals surface area contributed by atoms with Gasteiger partial charge in [0.1, 0.15) is 5.57 Å². The van der Waals surface area contributed by atoms with Crippen LogP contribution in [-0.2, 0) is 14.4 Å². The van der Waals surface area contributed by atoms with Gasteiger partial charge in [0.15, 0.2) is 10.9 Å². The first kappa shape index (κ1) is 32.5. The Hall–Kier alpha value is -4.37. The van der Waals surface area contributed by atoms with Gasteiger partial charge in [-0.1, -0.05) is 120 Å². The molecule has 0 aliphatic carbocycles. The molecule has 0 saturated heterocycles. The Morgan fingerprint density at radius 1 is 1.05 bits per heavy atom. The maximum atomic E-state index is 13.9. The topological polar surface area (TPSA) is 88.1 Å². The Kier molecular flexibility index (Phi) is 11.4. The van der Waals surface area contributed by atoms with Gasteiger partial charge in [-0.2, -0.15) is 4.99 Å². The molecular formula is C34H29Cl2N3O4S. The molecule has 0 radical (unpaired) electrons. The van der Waals surface area contributed by atoms with Crippen LogP contribution in [0.1, 0.15) is 29.7 Å². The summed E-state index contributed by atoms with van der Waals surface area (Å²) in [7, 11) is 1.43. The van der Waals surface area contributed by atoms with Crippen molar-refractivity contribution in [2.45, 2.75) is 13.0 Å². The van der Waals surface area contributed by atoms with Crippen LogP contribution in [0, 0.1) is 0 Å². The molecule has 0 aromatic heterocycles. The van der Waals surface area contributed by atoms with E-state index in [0.717, 1.165) is 22.9 Å². The van der Waals surface area contributed by atoms with Gasteiger partial charge in [-0.05, 0) is 47.9 Å². The standard InChI is InChI=1S/C34H29Cl2N3O4S/c1-4-6-17-25(5-2)39-33(42)26(18-22-19-27(35)31(43-3)28(36)20-22)32(41)38-34(39)44-21-29(40)37-30(23-13-9-7-10-14-23)24-15-11-8-12-16-24/h4-20,30H,1,21H2,2-3H3,(H,37,40)/b17-6-,25-5+,26-18+. The van der Waals surface area contributed by atoms with E-state index in [-0.39, 0.29) is 38.2 Å². The lowest BCUT2D eigenvalue weighted by Crippen LogP contribution is -2.42. The summed E-state index contributed by atoms with van der Waals surface area (Å²) in [6, 6.07) is 21.9. The molecule has 0 bridgehead atoms. The Morgan fingerprint density at radius 2 is 1.64 bits per heavy atom. The van der Waals surface area contributed by atoms with Crippen molar-refractivity contribution in [1.29, 1.82) is 0 Å². The highest BCUT2D eigenvalue weighted by Gasteiger charge is 2.35. The molecule has 3 amide bonds. The first-order chi connectivity index (χ1) is 21.3. The minimum atomic E-state index is -0.758. The van der Waals surface area contributed by atoms with E-state index in [0.29, 0.717) is 11.3 Å². The minimum Gasteiger partial charge on any atom is -0.494 e. The number of ether oxygens (including phenoxy) is 1. The van der Waals surface area contributed by atoms with Crippen molar-refractivity contribution in [2.24, 2.45) is 4.99 Å². The molecule has 10 heteroatoms. The van der Waals surface area contributed by atoms with Gasteiger partial charge in [-0.3, -0.25) is 19.3 Å². The number of hydrogen-bond donors (Lipinski definition) is 1. The average molecular weight is 647 g/mol. The number of allylic oxidation sites excluding steroid dienone is 4. The molecule has 0 saturated carbocycles. The molecule has 0 unspecified atom stereocenters. The number of hydrogen-bond acceptors (Lipinski definition) is 5. The summed E-state index contributed by atoms with van der Waals surface area (Å²) in [5.41, 5.74) is 2.49. The number of amidine groups is 1. The molecule has 4 rings (SSSR count). The van der Waals surface area contributed by atoms with Crippen LogP contribution in [0.5, 0.6) is 5.75 Å². The quantitative estimate of drug-likeness (QED) is 0.141. The highest BCUT2D eigenvalue weighted by Crippen LogP contribution is 2.35. The van der Waals surface area contributed by atoms with E-state index in [2.05, 4.69) is 16.9 Å². The Bertz CT molecular complexity index is 1620. The fourth-order valence-electron chi connectivity index (χ4n) is 4.42. The van der Waals surface area contributed by atoms with Gasteiger partial charge in [0.05, 0.1) is 28.9 Å². The number of aliphatic imine (C=N–C) groups is 1. The maximum Gasteiger partial charge on any atom is 0.285 e. The van der Waals surface area contributed by atoms with Crippen LogP contribution in [0.15, 0.2) is 120 Å². The predicted octanol–water partition coefficient (Wildman–Crippen LogP) is 7.40. The summed E-state index contributed by atoms with van der Waals surface area (Å²) in [5.74, 6) is -1.50. The maximum absolute atomic E-state index is 13.9. The van der Waals surface area contributed by atoms with Crippen molar-refractivity contribution in [3.05, 3.63) is 142 Å². The van der Waals surface area contributed by atoms with E-state index >= 15 is 0 Å². The van der Waals surface area contributed by atoms with Crippen LogP contribution in [0.25, 0.3) is 6.08 Å². The lowest BCUT2D eigenvalue weighted by atomic mass is 9.99. The van der Waals surface area contributed by atoms with Crippen LogP contribution in [0.3, 0.4) is 0 Å². The van der Waals surface area contributed by atoms with Crippen LogP contribution in [0.4, 0.5) is 0 Å². The van der Waals surface area contributed by atoms with E-state index in [9.17, 15) is 14.4 Å². The highest BCUT2D eigenvalue weighted by molar-refractivity contribution is 8.14. The molecule has 0 atom stereocenters. The molecule has 1 N–H and O–H groups in total. The third-order valence-corrected chi connectivity index (χ3v) is 7.95. The lowest BCUT2D eigenvalue weighted by molar-refractivity contribution is -0.126. The van der Waals surface area contributed by atoms with E-state index < -0.39 is 17.9 Å². The van der Waals surface area contributed by atoms with E-state index in [4.69, 9.17) is 27.9 Å². The normalized spacial score (nSPS) is 14.8. The minimum absolute atomic E-state index is 0.0656. The second-order valence-electron chi connectivity index (χ2n) is 9.33. The van der Waals surface area contributed by atoms with Crippen LogP contribution in [0.2, 0.25) is 10.0 Å². The number of methoxy groups -OCH3 is 1. The molecular weight excluding hydrogens is 617 g/mol. The zero-order chi connectivity index (χ0) is 31.6. The van der Waals surface area contributed by atoms with Gasteiger partial charge in [0, 0.05) is 5.70 Å². The van der Waals surface area contributed by atoms with Crippen molar-refractivity contribution in [1.82, 2.24) is 10.2 Å². The van der Waals surface area contributed by atoms with Gasteiger partial charge in [0.25, 0.3) is 11.8 Å². The van der Waals surface area contributed by atoms with Crippen molar-refractivity contribution in [2.75, 3.05) is 12.9 Å². The average Bonchev–Trinajstić information content (AvgIpc) is 3.02. The smallest absolute Gasteiger partial charge is 0.285 e. The molecule has 1 heterocycles. The predicted molar refractivity (Wildman–Crippen MR) is 179 cm³/mol. The SMILES string of the molecule is C=C/C=C\C(=C/C)N1C(=O)/C(=C/c2cc(Cl)c(OC)c(Cl)c2)C(=O)N=C1SCC(=O)NC(c1ccccc1)c1ccccc1. The van der Waals surface area contributed by atoms with E-state index in [1.54, 1.807) is 31.2 Å². The number of carbonyl (C=O) groups excluding carboxylic acids is 3. The lowest BCUT2D eigenvalue weighted by Gasteiger charge is -2.28. The van der Waals surface area contributed by atoms with Gasteiger partial charge in [0.2, 0.25) is 5.91 Å². The molecule has 0 fully saturated rings. The van der Waals surface area contributed by atoms with E-state index in [1.807, 2.05) is 60.7 Å². The van der Waals surface area contributed by atoms with Crippen LogP contribution in [-0.4, -0.2) is 40.7 Å². The number of nitrogens with one attached hydrogen (secondary N) is 1. The first-order valence-electron chi connectivity index (χ1n) is 13.5. The fourth-order valence-corrected chi connectivity index (χ4v) is 5.88. The van der Waals surface area contributed by atoms with Gasteiger partial charge in [-0.15, -0.1) is 0 Å². The molecule has 44 heavy (non-hydrogen) atoms. The van der Waals surface area contributed by atoms with Crippen molar-refractivity contribution >= 4 is 63.9 Å². The molecule has 3 aromatic carbocycles. The largest absolute Gasteiger partial charge is 0.494 e. The summed E-state index contributed by atoms with van der Waals surface area (Å²) in [5, 5.41) is 3.58. The second kappa shape index (κ2) is 15.4. The third-order valence-electron chi connectivity index (χ3n) is 6.45. The molecule has 1 aliphatic rings. The number of thioether (sulfide) groups is 1. The van der Waals surface area contributed by atoms with Crippen molar-refractivity contribution in [3.63, 3.8) is 0 Å². The monoisotopic (exact) mass is 645 g/mol. The number of benzene rings is 3. The van der Waals surface area contributed by atoms with Crippen LogP contribution >= 0.6 is 35.0 Å². The Labute approximate surface area is 270 Å². The molecule has 7 nitrogen and oxygen atoms in total. The third kappa shape index (κ3) is 7.77. The number of carbonyl (C=O) groups is 3. The molecule has 0 spiro atoms. The number of amides is 3. The van der Waals surface area contributed by atoms with Crippen molar-refractivity contribution in [3.8, 4) is 5.75 Å². The van der Waals surface area contributed by atoms with E-state index in [1.165, 1.54) is 30.2 Å². The number of halogens is 2. The number of rotatable bonds is 10. The Balaban J connectivity index is 1.64. The van der Waals surface area contributed by atoms with Gasteiger partial charge in [-0.25, -0.2) is 0 Å². The van der Waals surface area contributed by atoms with Gasteiger partial charge < -0.3 is 10.1 Å². The fraction of sp³-hybridized carbons (Fsp3) is 0.118. The summed E-state index contributed by atoms with van der Waals surface area (Å²) in [4.78, 5) is 45.9. The van der Waals surface area contributed by atoms with Crippen LogP contribution < -0.4 is 10.1 Å². The van der Waals surface area contributed by atoms with Gasteiger partial charge >= 0.3 is 0 Å². The second-order valence-corrected chi connectivity index (χ2v) is 11.1. The number of nitrogens with zero attached hydrogens (tertiary/aromatic N) is 2. The molecule has 3 aromatic rings. The highest BCUT2D eigenvalue weighted by atomic mass is 35.5. The summed E-state index contributed by atoms with van der Waals surface area (Å²) >= 11 is 13.5. The molecule has 224 valence electrons.